The van der Waals surface area contributed by atoms with Gasteiger partial charge in [0, 0.05) is 0 Å². The van der Waals surface area contributed by atoms with E-state index in [1.165, 1.54) is 11.1 Å². The van der Waals surface area contributed by atoms with Gasteiger partial charge in [0.25, 0.3) is 0 Å². The Morgan fingerprint density at radius 2 is 1.58 bits per heavy atom. The maximum atomic E-state index is 5.81. The number of benzene rings is 2. The highest BCUT2D eigenvalue weighted by atomic mass is 16.5. The number of hydrogen-bond donors (Lipinski definition) is 0. The summed E-state index contributed by atoms with van der Waals surface area (Å²) >= 11 is 0. The van der Waals surface area contributed by atoms with Gasteiger partial charge in [-0.3, -0.25) is 0 Å². The molecular formula is C18H20O. The van der Waals surface area contributed by atoms with Gasteiger partial charge >= 0.3 is 0 Å². The molecule has 98 valence electrons. The normalized spacial score (nSPS) is 12.7. The van der Waals surface area contributed by atoms with Crippen molar-refractivity contribution in [3.8, 4) is 0 Å². The molecule has 1 unspecified atom stereocenters. The molecule has 0 bridgehead atoms. The molecule has 2 aromatic rings. The first kappa shape index (κ1) is 13.6. The zero-order chi connectivity index (χ0) is 13.3. The van der Waals surface area contributed by atoms with E-state index in [9.17, 15) is 0 Å². The molecule has 1 nitrogen and oxygen atoms in total. The molecule has 0 aliphatic rings. The lowest BCUT2D eigenvalue weighted by Crippen LogP contribution is -2.06. The van der Waals surface area contributed by atoms with E-state index in [1.54, 1.807) is 0 Å². The first-order chi connectivity index (χ1) is 9.34. The lowest BCUT2D eigenvalue weighted by atomic mass is 10.2. The van der Waals surface area contributed by atoms with Crippen molar-refractivity contribution in [2.75, 3.05) is 0 Å². The van der Waals surface area contributed by atoms with E-state index in [1.807, 2.05) is 24.3 Å². The van der Waals surface area contributed by atoms with E-state index >= 15 is 0 Å². The van der Waals surface area contributed by atoms with Crippen LogP contribution in [-0.4, -0.2) is 6.10 Å². The SMILES string of the molecule is CC(C/C=C/c1ccccc1)OCc1ccccc1. The predicted molar refractivity (Wildman–Crippen MR) is 80.8 cm³/mol. The van der Waals surface area contributed by atoms with Crippen LogP contribution in [0.15, 0.2) is 66.7 Å². The van der Waals surface area contributed by atoms with Crippen molar-refractivity contribution in [2.45, 2.75) is 26.1 Å². The van der Waals surface area contributed by atoms with Crippen LogP contribution >= 0.6 is 0 Å². The largest absolute Gasteiger partial charge is 0.374 e. The summed E-state index contributed by atoms with van der Waals surface area (Å²) in [6, 6.07) is 20.6. The molecule has 0 saturated carbocycles. The quantitative estimate of drug-likeness (QED) is 0.724. The van der Waals surface area contributed by atoms with Gasteiger partial charge < -0.3 is 4.74 Å². The van der Waals surface area contributed by atoms with Crippen molar-refractivity contribution in [1.82, 2.24) is 0 Å². The standard InChI is InChI=1S/C18H20O/c1-16(19-15-18-12-6-3-7-13-18)9-8-14-17-10-4-2-5-11-17/h2-8,10-14,16H,9,15H2,1H3/b14-8+. The fourth-order valence-corrected chi connectivity index (χ4v) is 1.84. The van der Waals surface area contributed by atoms with Crippen LogP contribution in [0.5, 0.6) is 0 Å². The Morgan fingerprint density at radius 1 is 0.947 bits per heavy atom. The van der Waals surface area contributed by atoms with E-state index in [-0.39, 0.29) is 6.10 Å². The molecule has 0 N–H and O–H groups in total. The molecule has 0 saturated heterocycles. The van der Waals surface area contributed by atoms with Crippen LogP contribution in [0.1, 0.15) is 24.5 Å². The van der Waals surface area contributed by atoms with Gasteiger partial charge in [-0.05, 0) is 24.5 Å². The minimum atomic E-state index is 0.236. The number of hydrogen-bond acceptors (Lipinski definition) is 1. The van der Waals surface area contributed by atoms with Gasteiger partial charge in [-0.25, -0.2) is 0 Å². The highest BCUT2D eigenvalue weighted by Crippen LogP contribution is 2.08. The average molecular weight is 252 g/mol. The van der Waals surface area contributed by atoms with Crippen LogP contribution < -0.4 is 0 Å². The Labute approximate surface area is 115 Å². The molecule has 0 radical (unpaired) electrons. The summed E-state index contributed by atoms with van der Waals surface area (Å²) in [7, 11) is 0. The smallest absolute Gasteiger partial charge is 0.0720 e. The van der Waals surface area contributed by atoms with Gasteiger partial charge in [0.1, 0.15) is 0 Å². The average Bonchev–Trinajstić information content (AvgIpc) is 2.47. The lowest BCUT2D eigenvalue weighted by Gasteiger charge is -2.10. The summed E-state index contributed by atoms with van der Waals surface area (Å²) in [5, 5.41) is 0. The third-order valence-corrected chi connectivity index (χ3v) is 2.96. The van der Waals surface area contributed by atoms with Crippen molar-refractivity contribution < 1.29 is 4.74 Å². The zero-order valence-electron chi connectivity index (χ0n) is 11.3. The van der Waals surface area contributed by atoms with Crippen LogP contribution in [0, 0.1) is 0 Å². The topological polar surface area (TPSA) is 9.23 Å². The van der Waals surface area contributed by atoms with Crippen molar-refractivity contribution in [3.05, 3.63) is 77.9 Å². The van der Waals surface area contributed by atoms with E-state index in [0.29, 0.717) is 6.61 Å². The van der Waals surface area contributed by atoms with E-state index in [4.69, 9.17) is 4.74 Å². The van der Waals surface area contributed by atoms with E-state index in [0.717, 1.165) is 6.42 Å². The van der Waals surface area contributed by atoms with Crippen LogP contribution in [0.2, 0.25) is 0 Å². The number of ether oxygens (including phenoxy) is 1. The summed E-state index contributed by atoms with van der Waals surface area (Å²) in [6.07, 6.45) is 5.48. The first-order valence-corrected chi connectivity index (χ1v) is 6.72. The summed E-state index contributed by atoms with van der Waals surface area (Å²) in [6.45, 7) is 2.79. The minimum absolute atomic E-state index is 0.236. The molecule has 0 aliphatic heterocycles. The molecule has 0 aliphatic carbocycles. The molecule has 0 heterocycles. The maximum absolute atomic E-state index is 5.81. The van der Waals surface area contributed by atoms with Gasteiger partial charge in [0.05, 0.1) is 12.7 Å². The third kappa shape index (κ3) is 5.11. The minimum Gasteiger partial charge on any atom is -0.374 e. The highest BCUT2D eigenvalue weighted by molar-refractivity contribution is 5.48. The Kier molecular flexibility index (Phi) is 5.39. The Balaban J connectivity index is 1.73. The molecule has 0 spiro atoms. The van der Waals surface area contributed by atoms with Crippen LogP contribution in [0.3, 0.4) is 0 Å². The molecule has 0 aromatic heterocycles. The summed E-state index contributed by atoms with van der Waals surface area (Å²) < 4.78 is 5.81. The Bertz CT molecular complexity index is 488. The molecule has 0 fully saturated rings. The maximum Gasteiger partial charge on any atom is 0.0720 e. The lowest BCUT2D eigenvalue weighted by molar-refractivity contribution is 0.0554. The second-order valence-corrected chi connectivity index (χ2v) is 4.66. The fraction of sp³-hybridized carbons (Fsp3) is 0.222. The van der Waals surface area contributed by atoms with Gasteiger partial charge in [0.2, 0.25) is 0 Å². The van der Waals surface area contributed by atoms with Gasteiger partial charge in [-0.15, -0.1) is 0 Å². The Hall–Kier alpha value is -1.86. The van der Waals surface area contributed by atoms with Crippen molar-refractivity contribution in [3.63, 3.8) is 0 Å². The molecule has 19 heavy (non-hydrogen) atoms. The third-order valence-electron chi connectivity index (χ3n) is 2.96. The first-order valence-electron chi connectivity index (χ1n) is 6.72. The Morgan fingerprint density at radius 3 is 2.26 bits per heavy atom. The molecule has 2 rings (SSSR count). The summed E-state index contributed by atoms with van der Waals surface area (Å²) in [4.78, 5) is 0. The molecule has 1 atom stereocenters. The van der Waals surface area contributed by atoms with Crippen LogP contribution in [0.4, 0.5) is 0 Å². The van der Waals surface area contributed by atoms with E-state index in [2.05, 4.69) is 55.5 Å². The second-order valence-electron chi connectivity index (χ2n) is 4.66. The predicted octanol–water partition coefficient (Wildman–Crippen LogP) is 4.70. The molecule has 0 amide bonds. The van der Waals surface area contributed by atoms with Gasteiger partial charge in [-0.1, -0.05) is 72.8 Å². The second kappa shape index (κ2) is 7.55. The molecule has 2 aromatic carbocycles. The fourth-order valence-electron chi connectivity index (χ4n) is 1.84. The zero-order valence-corrected chi connectivity index (χ0v) is 11.3. The van der Waals surface area contributed by atoms with E-state index < -0.39 is 0 Å². The van der Waals surface area contributed by atoms with Crippen molar-refractivity contribution in [1.29, 1.82) is 0 Å². The van der Waals surface area contributed by atoms with Crippen LogP contribution in [0.25, 0.3) is 6.08 Å². The summed E-state index contributed by atoms with van der Waals surface area (Å²) in [5.74, 6) is 0. The summed E-state index contributed by atoms with van der Waals surface area (Å²) in [5.41, 5.74) is 2.46. The molecule has 1 heteroatoms. The van der Waals surface area contributed by atoms with Gasteiger partial charge in [-0.2, -0.15) is 0 Å². The van der Waals surface area contributed by atoms with Crippen molar-refractivity contribution >= 4 is 6.08 Å². The monoisotopic (exact) mass is 252 g/mol. The number of rotatable bonds is 6. The highest BCUT2D eigenvalue weighted by Gasteiger charge is 1.99. The van der Waals surface area contributed by atoms with Crippen molar-refractivity contribution in [2.24, 2.45) is 0 Å². The molecular weight excluding hydrogens is 232 g/mol. The van der Waals surface area contributed by atoms with Crippen LogP contribution in [-0.2, 0) is 11.3 Å². The van der Waals surface area contributed by atoms with Gasteiger partial charge in [0.15, 0.2) is 0 Å².